The van der Waals surface area contributed by atoms with Crippen molar-refractivity contribution in [3.05, 3.63) is 45.6 Å². The lowest BCUT2D eigenvalue weighted by Gasteiger charge is -2.04. The second-order valence-electron chi connectivity index (χ2n) is 3.25. The molecule has 2 rings (SSSR count). The van der Waals surface area contributed by atoms with E-state index < -0.39 is 0 Å². The first kappa shape index (κ1) is 11.7. The number of carbonyl (C=O) groups is 1. The van der Waals surface area contributed by atoms with Gasteiger partial charge in [0.2, 0.25) is 0 Å². The van der Waals surface area contributed by atoms with Crippen LogP contribution in [0.25, 0.3) is 11.3 Å². The van der Waals surface area contributed by atoms with E-state index in [1.165, 1.54) is 18.2 Å². The van der Waals surface area contributed by atoms with Gasteiger partial charge in [-0.05, 0) is 24.3 Å². The molecule has 0 spiro atoms. The zero-order chi connectivity index (χ0) is 12.4. The molecule has 1 heterocycles. The quantitative estimate of drug-likeness (QED) is 0.773. The van der Waals surface area contributed by atoms with Crippen LogP contribution in [0.2, 0.25) is 10.0 Å². The molecule has 0 N–H and O–H groups in total. The standard InChI is InChI=1S/C12H5Cl2NO2/c13-9-3-7(5-15)4-10(14)12(9)11-2-1-8(6-16)17-11/h1-4,6H. The minimum Gasteiger partial charge on any atom is -0.453 e. The first-order valence-electron chi connectivity index (χ1n) is 4.60. The van der Waals surface area contributed by atoms with Gasteiger partial charge in [0.1, 0.15) is 5.76 Å². The van der Waals surface area contributed by atoms with Gasteiger partial charge in [0.15, 0.2) is 12.0 Å². The van der Waals surface area contributed by atoms with Crippen molar-refractivity contribution < 1.29 is 9.21 Å². The van der Waals surface area contributed by atoms with Crippen molar-refractivity contribution in [2.75, 3.05) is 0 Å². The van der Waals surface area contributed by atoms with Crippen molar-refractivity contribution in [1.29, 1.82) is 5.26 Å². The fraction of sp³-hybridized carbons (Fsp3) is 0. The van der Waals surface area contributed by atoms with E-state index in [0.29, 0.717) is 33.2 Å². The van der Waals surface area contributed by atoms with Crippen LogP contribution in [0.15, 0.2) is 28.7 Å². The molecule has 0 fully saturated rings. The van der Waals surface area contributed by atoms with Crippen LogP contribution in [-0.2, 0) is 0 Å². The van der Waals surface area contributed by atoms with Gasteiger partial charge in [-0.1, -0.05) is 23.2 Å². The Hall–Kier alpha value is -1.76. The number of nitrogens with zero attached hydrogens (tertiary/aromatic N) is 1. The highest BCUT2D eigenvalue weighted by molar-refractivity contribution is 6.39. The van der Waals surface area contributed by atoms with Crippen LogP contribution in [0, 0.1) is 11.3 Å². The topological polar surface area (TPSA) is 54.0 Å². The molecule has 0 amide bonds. The predicted molar refractivity (Wildman–Crippen MR) is 64.3 cm³/mol. The first-order chi connectivity index (χ1) is 8.15. The van der Waals surface area contributed by atoms with E-state index in [4.69, 9.17) is 32.9 Å². The maximum atomic E-state index is 10.5. The van der Waals surface area contributed by atoms with Crippen molar-refractivity contribution >= 4 is 29.5 Å². The number of hydrogen-bond donors (Lipinski definition) is 0. The Kier molecular flexibility index (Phi) is 3.19. The average Bonchev–Trinajstić information content (AvgIpc) is 2.76. The molecule has 84 valence electrons. The fourth-order valence-corrected chi connectivity index (χ4v) is 2.10. The van der Waals surface area contributed by atoms with Gasteiger partial charge in [0.25, 0.3) is 0 Å². The third-order valence-electron chi connectivity index (χ3n) is 2.16. The van der Waals surface area contributed by atoms with Gasteiger partial charge in [0.05, 0.1) is 27.2 Å². The molecule has 3 nitrogen and oxygen atoms in total. The molecule has 0 saturated carbocycles. The SMILES string of the molecule is N#Cc1cc(Cl)c(-c2ccc(C=O)o2)c(Cl)c1. The average molecular weight is 266 g/mol. The Labute approximate surface area is 107 Å². The maximum absolute atomic E-state index is 10.5. The lowest BCUT2D eigenvalue weighted by Crippen LogP contribution is -1.82. The van der Waals surface area contributed by atoms with Crippen LogP contribution in [0.4, 0.5) is 0 Å². The van der Waals surface area contributed by atoms with Crippen molar-refractivity contribution in [3.8, 4) is 17.4 Å². The van der Waals surface area contributed by atoms with Crippen molar-refractivity contribution in [1.82, 2.24) is 0 Å². The summed E-state index contributed by atoms with van der Waals surface area (Å²) in [6.07, 6.45) is 0.592. The van der Waals surface area contributed by atoms with E-state index >= 15 is 0 Å². The molecular formula is C12H5Cl2NO2. The van der Waals surface area contributed by atoms with Crippen LogP contribution >= 0.6 is 23.2 Å². The van der Waals surface area contributed by atoms with Gasteiger partial charge >= 0.3 is 0 Å². The van der Waals surface area contributed by atoms with Gasteiger partial charge in [-0.15, -0.1) is 0 Å². The Morgan fingerprint density at radius 2 is 1.88 bits per heavy atom. The smallest absolute Gasteiger partial charge is 0.185 e. The summed E-state index contributed by atoms with van der Waals surface area (Å²) in [6.45, 7) is 0. The van der Waals surface area contributed by atoms with Crippen LogP contribution in [-0.4, -0.2) is 6.29 Å². The lowest BCUT2D eigenvalue weighted by atomic mass is 10.1. The van der Waals surface area contributed by atoms with Crippen molar-refractivity contribution in [3.63, 3.8) is 0 Å². The molecule has 1 aromatic carbocycles. The predicted octanol–water partition coefficient (Wildman–Crippen LogP) is 3.94. The van der Waals surface area contributed by atoms with Gasteiger partial charge in [-0.2, -0.15) is 5.26 Å². The number of rotatable bonds is 2. The molecule has 5 heteroatoms. The van der Waals surface area contributed by atoms with E-state index in [1.807, 2.05) is 6.07 Å². The molecular weight excluding hydrogens is 261 g/mol. The molecule has 0 radical (unpaired) electrons. The molecule has 1 aromatic heterocycles. The molecule has 0 aliphatic rings. The number of furan rings is 1. The highest BCUT2D eigenvalue weighted by atomic mass is 35.5. The Morgan fingerprint density at radius 3 is 2.35 bits per heavy atom. The second-order valence-corrected chi connectivity index (χ2v) is 4.06. The lowest BCUT2D eigenvalue weighted by molar-refractivity contribution is 0.110. The normalized spacial score (nSPS) is 9.94. The minimum atomic E-state index is 0.191. The van der Waals surface area contributed by atoms with Crippen molar-refractivity contribution in [2.45, 2.75) is 0 Å². The van der Waals surface area contributed by atoms with Gasteiger partial charge in [0, 0.05) is 0 Å². The number of hydrogen-bond acceptors (Lipinski definition) is 3. The molecule has 17 heavy (non-hydrogen) atoms. The second kappa shape index (κ2) is 4.62. The molecule has 0 atom stereocenters. The zero-order valence-corrected chi connectivity index (χ0v) is 9.92. The Balaban J connectivity index is 2.60. The summed E-state index contributed by atoms with van der Waals surface area (Å²) in [5, 5.41) is 9.37. The maximum Gasteiger partial charge on any atom is 0.185 e. The first-order valence-corrected chi connectivity index (χ1v) is 5.36. The van der Waals surface area contributed by atoms with Crippen molar-refractivity contribution in [2.24, 2.45) is 0 Å². The van der Waals surface area contributed by atoms with Gasteiger partial charge in [-0.25, -0.2) is 0 Å². The number of benzene rings is 1. The summed E-state index contributed by atoms with van der Waals surface area (Å²) in [5.74, 6) is 0.586. The van der Waals surface area contributed by atoms with Crippen LogP contribution < -0.4 is 0 Å². The zero-order valence-electron chi connectivity index (χ0n) is 8.41. The third kappa shape index (κ3) is 2.19. The summed E-state index contributed by atoms with van der Waals surface area (Å²) in [6, 6.07) is 8.05. The van der Waals surface area contributed by atoms with Crippen LogP contribution in [0.1, 0.15) is 16.1 Å². The van der Waals surface area contributed by atoms with Crippen LogP contribution in [0.5, 0.6) is 0 Å². The highest BCUT2D eigenvalue weighted by Crippen LogP contribution is 2.36. The number of carbonyl (C=O) groups excluding carboxylic acids is 1. The molecule has 0 aliphatic heterocycles. The Bertz CT molecular complexity index is 603. The summed E-state index contributed by atoms with van der Waals surface area (Å²) in [7, 11) is 0. The molecule has 0 aliphatic carbocycles. The third-order valence-corrected chi connectivity index (χ3v) is 2.76. The van der Waals surface area contributed by atoms with E-state index in [-0.39, 0.29) is 5.76 Å². The van der Waals surface area contributed by atoms with E-state index in [2.05, 4.69) is 0 Å². The molecule has 0 unspecified atom stereocenters. The summed E-state index contributed by atoms with van der Waals surface area (Å²) in [4.78, 5) is 10.5. The van der Waals surface area contributed by atoms with Gasteiger partial charge < -0.3 is 4.42 Å². The Morgan fingerprint density at radius 1 is 1.24 bits per heavy atom. The number of nitriles is 1. The number of aldehydes is 1. The summed E-state index contributed by atoms with van der Waals surface area (Å²) >= 11 is 12.0. The van der Waals surface area contributed by atoms with Gasteiger partial charge in [-0.3, -0.25) is 4.79 Å². The monoisotopic (exact) mass is 265 g/mol. The molecule has 2 aromatic rings. The van der Waals surface area contributed by atoms with E-state index in [1.54, 1.807) is 6.07 Å². The highest BCUT2D eigenvalue weighted by Gasteiger charge is 2.14. The van der Waals surface area contributed by atoms with E-state index in [9.17, 15) is 4.79 Å². The minimum absolute atomic E-state index is 0.191. The largest absolute Gasteiger partial charge is 0.453 e. The number of halogens is 2. The fourth-order valence-electron chi connectivity index (χ4n) is 1.42. The van der Waals surface area contributed by atoms with E-state index in [0.717, 1.165) is 0 Å². The summed E-state index contributed by atoms with van der Waals surface area (Å²) in [5.41, 5.74) is 0.839. The van der Waals surface area contributed by atoms with Crippen LogP contribution in [0.3, 0.4) is 0 Å². The molecule has 0 saturated heterocycles. The summed E-state index contributed by atoms with van der Waals surface area (Å²) < 4.78 is 5.23. The molecule has 0 bridgehead atoms.